The molecule has 0 fully saturated rings. The molecule has 4 aliphatic heterocycles. The Morgan fingerprint density at radius 2 is 1.24 bits per heavy atom. The molecular weight excluding hydrogens is 492 g/mol. The summed E-state index contributed by atoms with van der Waals surface area (Å²) in [5.41, 5.74) is 0. The summed E-state index contributed by atoms with van der Waals surface area (Å²) in [7, 11) is -3.07. The smallest absolute Gasteiger partial charge is 0.307 e. The van der Waals surface area contributed by atoms with Gasteiger partial charge in [-0.1, -0.05) is 70.6 Å². The van der Waals surface area contributed by atoms with E-state index in [2.05, 4.69) is 0 Å². The second-order valence-electron chi connectivity index (χ2n) is 4.75. The third-order valence-electron chi connectivity index (χ3n) is 3.08. The molecule has 3 nitrogen and oxygen atoms in total. The van der Waals surface area contributed by atoms with Gasteiger partial charge in [-0.3, -0.25) is 4.57 Å². The molecule has 0 saturated heterocycles. The summed E-state index contributed by atoms with van der Waals surface area (Å²) in [6, 6.07) is 0. The zero-order valence-electron chi connectivity index (χ0n) is 13.3. The molecule has 0 N–H and O–H groups in total. The van der Waals surface area contributed by atoms with Gasteiger partial charge in [-0.15, -0.1) is 23.5 Å². The van der Waals surface area contributed by atoms with Gasteiger partial charge in [0.25, 0.3) is 0 Å². The molecule has 25 heavy (non-hydrogen) atoms. The molecule has 0 aliphatic carbocycles. The van der Waals surface area contributed by atoms with Crippen molar-refractivity contribution in [3.8, 4) is 0 Å². The second-order valence-corrected chi connectivity index (χ2v) is 17.9. The monoisotopic (exact) mass is 506 g/mol. The molecule has 0 saturated carbocycles. The van der Waals surface area contributed by atoms with Crippen molar-refractivity contribution in [1.82, 2.24) is 0 Å². The van der Waals surface area contributed by atoms with Crippen molar-refractivity contribution in [1.29, 1.82) is 0 Å². The SMILES string of the molecule is CCOP(=O)(OCC)C1SC2=C(SC(=C3SC4=C(SCCS4)S3)S2)S1. The summed E-state index contributed by atoms with van der Waals surface area (Å²) < 4.78 is 32.1. The summed E-state index contributed by atoms with van der Waals surface area (Å²) in [4.78, 5) is 0. The standard InChI is InChI=1S/C13H15O3PS8/c1-3-15-17(14,16-4-2)13-24-11-12(25-13)23-10(22-11)9-20-7-8(21-9)19-6-5-18-7/h13H,3-6H2,1-2H3. The van der Waals surface area contributed by atoms with Gasteiger partial charge in [0.2, 0.25) is 0 Å². The summed E-state index contributed by atoms with van der Waals surface area (Å²) >= 11 is 14.8. The zero-order valence-corrected chi connectivity index (χ0v) is 20.8. The highest BCUT2D eigenvalue weighted by atomic mass is 32.3. The topological polar surface area (TPSA) is 35.5 Å². The Morgan fingerprint density at radius 1 is 0.800 bits per heavy atom. The zero-order chi connectivity index (χ0) is 17.4. The number of hydrogen-bond donors (Lipinski definition) is 0. The quantitative estimate of drug-likeness (QED) is 0.342. The van der Waals surface area contributed by atoms with Crippen LogP contribution in [0, 0.1) is 0 Å². The highest BCUT2D eigenvalue weighted by Gasteiger charge is 2.46. The van der Waals surface area contributed by atoms with Crippen molar-refractivity contribution in [2.45, 2.75) is 18.2 Å². The highest BCUT2D eigenvalue weighted by molar-refractivity contribution is 8.49. The van der Waals surface area contributed by atoms with E-state index in [-0.39, 0.29) is 4.32 Å². The lowest BCUT2D eigenvalue weighted by Crippen LogP contribution is -2.04. The van der Waals surface area contributed by atoms with Gasteiger partial charge in [-0.05, 0) is 13.8 Å². The lowest BCUT2D eigenvalue weighted by atomic mass is 10.9. The first kappa shape index (κ1) is 20.4. The fourth-order valence-corrected chi connectivity index (χ4v) is 18.5. The van der Waals surface area contributed by atoms with Crippen LogP contribution in [0.3, 0.4) is 0 Å². The highest BCUT2D eigenvalue weighted by Crippen LogP contribution is 2.76. The summed E-state index contributed by atoms with van der Waals surface area (Å²) in [6.07, 6.45) is 0. The largest absolute Gasteiger partial charge is 0.354 e. The lowest BCUT2D eigenvalue weighted by molar-refractivity contribution is 0.223. The Balaban J connectivity index is 1.42. The van der Waals surface area contributed by atoms with Crippen LogP contribution in [0.15, 0.2) is 25.4 Å². The molecule has 0 amide bonds. The van der Waals surface area contributed by atoms with Crippen molar-refractivity contribution >= 4 is 102 Å². The van der Waals surface area contributed by atoms with E-state index in [1.807, 2.05) is 84.4 Å². The van der Waals surface area contributed by atoms with Crippen LogP contribution in [-0.2, 0) is 13.6 Å². The summed E-state index contributed by atoms with van der Waals surface area (Å²) in [5, 5.41) is 0. The van der Waals surface area contributed by atoms with Crippen molar-refractivity contribution in [2.75, 3.05) is 24.7 Å². The first-order valence-corrected chi connectivity index (χ1v) is 16.2. The Hall–Kier alpha value is 2.17. The van der Waals surface area contributed by atoms with Crippen LogP contribution in [0.5, 0.6) is 0 Å². The van der Waals surface area contributed by atoms with Gasteiger partial charge < -0.3 is 9.05 Å². The van der Waals surface area contributed by atoms with E-state index < -0.39 is 7.60 Å². The molecule has 0 aromatic heterocycles. The van der Waals surface area contributed by atoms with Crippen LogP contribution in [0.4, 0.5) is 0 Å². The van der Waals surface area contributed by atoms with Gasteiger partial charge in [-0.25, -0.2) is 0 Å². The van der Waals surface area contributed by atoms with Crippen LogP contribution in [0.2, 0.25) is 0 Å². The predicted molar refractivity (Wildman–Crippen MR) is 126 cm³/mol. The normalized spacial score (nSPS) is 24.6. The average Bonchev–Trinajstić information content (AvgIpc) is 3.27. The maximum Gasteiger partial charge on any atom is 0.354 e. The minimum atomic E-state index is -3.07. The van der Waals surface area contributed by atoms with Crippen LogP contribution in [-0.4, -0.2) is 29.0 Å². The molecule has 0 aromatic rings. The van der Waals surface area contributed by atoms with Crippen LogP contribution < -0.4 is 0 Å². The molecule has 12 heteroatoms. The third kappa shape index (κ3) is 4.37. The fraction of sp³-hybridized carbons (Fsp3) is 0.538. The first-order valence-electron chi connectivity index (χ1n) is 7.55. The molecular formula is C13H15O3PS8. The van der Waals surface area contributed by atoms with Gasteiger partial charge in [0, 0.05) is 11.5 Å². The second kappa shape index (κ2) is 8.90. The molecule has 0 aromatic carbocycles. The number of hydrogen-bond acceptors (Lipinski definition) is 11. The molecule has 138 valence electrons. The van der Waals surface area contributed by atoms with Crippen molar-refractivity contribution < 1.29 is 13.6 Å². The Morgan fingerprint density at radius 3 is 1.68 bits per heavy atom. The average molecular weight is 507 g/mol. The molecule has 4 aliphatic rings. The first-order chi connectivity index (χ1) is 12.1. The Kier molecular flexibility index (Phi) is 7.27. The van der Waals surface area contributed by atoms with Crippen molar-refractivity contribution in [3.63, 3.8) is 0 Å². The van der Waals surface area contributed by atoms with E-state index in [4.69, 9.17) is 9.05 Å². The maximum atomic E-state index is 13.0. The Bertz CT molecular complexity index is 668. The Labute approximate surface area is 182 Å². The molecule has 0 spiro atoms. The van der Waals surface area contributed by atoms with Crippen LogP contribution in [0.25, 0.3) is 0 Å². The van der Waals surface area contributed by atoms with E-state index in [0.29, 0.717) is 13.2 Å². The van der Waals surface area contributed by atoms with E-state index >= 15 is 0 Å². The third-order valence-corrected chi connectivity index (χ3v) is 18.8. The van der Waals surface area contributed by atoms with Gasteiger partial charge in [-0.2, -0.15) is 0 Å². The van der Waals surface area contributed by atoms with E-state index in [0.717, 1.165) is 0 Å². The fourth-order valence-electron chi connectivity index (χ4n) is 2.16. The van der Waals surface area contributed by atoms with Gasteiger partial charge in [0.1, 0.15) is 0 Å². The summed E-state index contributed by atoms with van der Waals surface area (Å²) in [6.45, 7) is 4.55. The number of thioether (sulfide) groups is 8. The molecule has 0 unspecified atom stereocenters. The molecule has 4 heterocycles. The molecule has 4 rings (SSSR count). The minimum Gasteiger partial charge on any atom is -0.307 e. The number of rotatable bonds is 5. The van der Waals surface area contributed by atoms with E-state index in [1.54, 1.807) is 23.5 Å². The maximum absolute atomic E-state index is 13.0. The van der Waals surface area contributed by atoms with Gasteiger partial charge in [0.15, 0.2) is 4.32 Å². The van der Waals surface area contributed by atoms with E-state index in [1.165, 1.54) is 36.9 Å². The van der Waals surface area contributed by atoms with Crippen LogP contribution >= 0.6 is 102 Å². The molecule has 0 atom stereocenters. The van der Waals surface area contributed by atoms with Crippen molar-refractivity contribution in [3.05, 3.63) is 25.4 Å². The van der Waals surface area contributed by atoms with Crippen molar-refractivity contribution in [2.24, 2.45) is 0 Å². The predicted octanol–water partition coefficient (Wildman–Crippen LogP) is 7.84. The molecule has 0 bridgehead atoms. The lowest BCUT2D eigenvalue weighted by Gasteiger charge is -2.22. The minimum absolute atomic E-state index is 0.176. The summed E-state index contributed by atoms with van der Waals surface area (Å²) in [5.74, 6) is 2.43. The van der Waals surface area contributed by atoms with Crippen LogP contribution in [0.1, 0.15) is 13.8 Å². The van der Waals surface area contributed by atoms with Gasteiger partial charge in [0.05, 0.1) is 38.6 Å². The molecule has 0 radical (unpaired) electrons. The van der Waals surface area contributed by atoms with E-state index in [9.17, 15) is 4.57 Å². The van der Waals surface area contributed by atoms with Gasteiger partial charge >= 0.3 is 7.60 Å².